The Morgan fingerprint density at radius 1 is 1.50 bits per heavy atom. The molecule has 14 heavy (non-hydrogen) atoms. The van der Waals surface area contributed by atoms with E-state index < -0.39 is 0 Å². The van der Waals surface area contributed by atoms with Crippen molar-refractivity contribution >= 4 is 11.5 Å². The quantitative estimate of drug-likeness (QED) is 0.586. The molecule has 0 aromatic heterocycles. The molecule has 0 aliphatic heterocycles. The molecule has 1 saturated carbocycles. The molecule has 0 unspecified atom stereocenters. The molecule has 0 heterocycles. The SMILES string of the molecule is COc1ccc(C(=O)C2CC2)c(N)c1. The van der Waals surface area contributed by atoms with Crippen LogP contribution in [0, 0.1) is 5.92 Å². The molecular weight excluding hydrogens is 178 g/mol. The van der Waals surface area contributed by atoms with Crippen LogP contribution in [0.5, 0.6) is 5.75 Å². The van der Waals surface area contributed by atoms with Crippen LogP contribution in [0.25, 0.3) is 0 Å². The summed E-state index contributed by atoms with van der Waals surface area (Å²) in [5.74, 6) is 1.07. The van der Waals surface area contributed by atoms with Crippen molar-refractivity contribution in [3.63, 3.8) is 0 Å². The molecule has 1 aromatic rings. The highest BCUT2D eigenvalue weighted by molar-refractivity contribution is 6.03. The first kappa shape index (κ1) is 9.06. The first-order valence-corrected chi connectivity index (χ1v) is 4.70. The summed E-state index contributed by atoms with van der Waals surface area (Å²) in [6.07, 6.45) is 2.01. The minimum Gasteiger partial charge on any atom is -0.497 e. The van der Waals surface area contributed by atoms with E-state index in [2.05, 4.69) is 0 Å². The Kier molecular flexibility index (Phi) is 2.15. The van der Waals surface area contributed by atoms with Gasteiger partial charge in [0.05, 0.1) is 7.11 Å². The topological polar surface area (TPSA) is 52.3 Å². The third-order valence-electron chi connectivity index (χ3n) is 2.47. The number of Topliss-reactive ketones (excluding diaryl/α,β-unsaturated/α-hetero) is 1. The second-order valence-corrected chi connectivity index (χ2v) is 3.59. The standard InChI is InChI=1S/C11H13NO2/c1-14-8-4-5-9(10(12)6-8)11(13)7-2-3-7/h4-7H,2-3,12H2,1H3. The number of carbonyl (C=O) groups is 1. The van der Waals surface area contributed by atoms with Crippen LogP contribution in [-0.4, -0.2) is 12.9 Å². The second-order valence-electron chi connectivity index (χ2n) is 3.59. The summed E-state index contributed by atoms with van der Waals surface area (Å²) in [6, 6.07) is 5.20. The van der Waals surface area contributed by atoms with Crippen molar-refractivity contribution < 1.29 is 9.53 Å². The Morgan fingerprint density at radius 2 is 2.21 bits per heavy atom. The van der Waals surface area contributed by atoms with Crippen molar-refractivity contribution in [1.29, 1.82) is 0 Å². The van der Waals surface area contributed by atoms with E-state index in [0.29, 0.717) is 17.0 Å². The highest BCUT2D eigenvalue weighted by Gasteiger charge is 2.31. The van der Waals surface area contributed by atoms with Gasteiger partial charge in [0.15, 0.2) is 5.78 Å². The Labute approximate surface area is 82.9 Å². The van der Waals surface area contributed by atoms with E-state index in [0.717, 1.165) is 12.8 Å². The molecule has 0 bridgehead atoms. The maximum absolute atomic E-state index is 11.7. The van der Waals surface area contributed by atoms with Crippen LogP contribution in [0.2, 0.25) is 0 Å². The first-order valence-electron chi connectivity index (χ1n) is 4.70. The predicted molar refractivity (Wildman–Crippen MR) is 54.5 cm³/mol. The maximum Gasteiger partial charge on any atom is 0.168 e. The maximum atomic E-state index is 11.7. The summed E-state index contributed by atoms with van der Waals surface area (Å²) in [4.78, 5) is 11.7. The summed E-state index contributed by atoms with van der Waals surface area (Å²) in [5, 5.41) is 0. The number of carbonyl (C=O) groups excluding carboxylic acids is 1. The zero-order chi connectivity index (χ0) is 10.1. The second kappa shape index (κ2) is 3.33. The van der Waals surface area contributed by atoms with Gasteiger partial charge in [-0.25, -0.2) is 0 Å². The number of benzene rings is 1. The Morgan fingerprint density at radius 3 is 2.71 bits per heavy atom. The minimum absolute atomic E-state index is 0.171. The Hall–Kier alpha value is -1.51. The summed E-state index contributed by atoms with van der Waals surface area (Å²) >= 11 is 0. The summed E-state index contributed by atoms with van der Waals surface area (Å²) in [6.45, 7) is 0. The van der Waals surface area contributed by atoms with E-state index in [9.17, 15) is 4.79 Å². The van der Waals surface area contributed by atoms with Gasteiger partial charge in [0.25, 0.3) is 0 Å². The van der Waals surface area contributed by atoms with Crippen molar-refractivity contribution in [1.82, 2.24) is 0 Å². The highest BCUT2D eigenvalue weighted by Crippen LogP contribution is 2.34. The smallest absolute Gasteiger partial charge is 0.168 e. The van der Waals surface area contributed by atoms with Crippen molar-refractivity contribution in [2.75, 3.05) is 12.8 Å². The first-order chi connectivity index (χ1) is 6.72. The molecule has 3 nitrogen and oxygen atoms in total. The lowest BCUT2D eigenvalue weighted by atomic mass is 10.1. The monoisotopic (exact) mass is 191 g/mol. The molecule has 3 heteroatoms. The molecule has 74 valence electrons. The summed E-state index contributed by atoms with van der Waals surface area (Å²) < 4.78 is 5.01. The fraction of sp³-hybridized carbons (Fsp3) is 0.364. The van der Waals surface area contributed by atoms with E-state index in [1.165, 1.54) is 0 Å². The molecule has 2 N–H and O–H groups in total. The normalized spacial score (nSPS) is 15.2. The predicted octanol–water partition coefficient (Wildman–Crippen LogP) is 1.87. The number of nitrogen functional groups attached to an aromatic ring is 1. The molecule has 0 spiro atoms. The van der Waals surface area contributed by atoms with Crippen LogP contribution in [-0.2, 0) is 0 Å². The molecule has 0 atom stereocenters. The van der Waals surface area contributed by atoms with Crippen molar-refractivity contribution in [2.45, 2.75) is 12.8 Å². The van der Waals surface area contributed by atoms with Gasteiger partial charge in [-0.3, -0.25) is 4.79 Å². The lowest BCUT2D eigenvalue weighted by Crippen LogP contribution is -2.05. The van der Waals surface area contributed by atoms with Gasteiger partial charge in [-0.05, 0) is 25.0 Å². The van der Waals surface area contributed by atoms with Crippen LogP contribution in [0.4, 0.5) is 5.69 Å². The lowest BCUT2D eigenvalue weighted by Gasteiger charge is -2.05. The van der Waals surface area contributed by atoms with E-state index in [1.807, 2.05) is 0 Å². The number of methoxy groups -OCH3 is 1. The number of hydrogen-bond donors (Lipinski definition) is 1. The van der Waals surface area contributed by atoms with E-state index >= 15 is 0 Å². The molecule has 2 rings (SSSR count). The number of hydrogen-bond acceptors (Lipinski definition) is 3. The minimum atomic E-state index is 0.171. The van der Waals surface area contributed by atoms with Crippen molar-refractivity contribution in [3.05, 3.63) is 23.8 Å². The van der Waals surface area contributed by atoms with Crippen LogP contribution in [0.15, 0.2) is 18.2 Å². The average Bonchev–Trinajstić information content (AvgIpc) is 3.00. The number of nitrogens with two attached hydrogens (primary N) is 1. The molecule has 0 saturated heterocycles. The Balaban J connectivity index is 2.29. The molecule has 1 aliphatic rings. The van der Waals surface area contributed by atoms with E-state index in [-0.39, 0.29) is 11.7 Å². The molecule has 0 amide bonds. The summed E-state index contributed by atoms with van der Waals surface area (Å²) in [7, 11) is 1.58. The molecule has 1 fully saturated rings. The van der Waals surface area contributed by atoms with Gasteiger partial charge in [-0.15, -0.1) is 0 Å². The van der Waals surface area contributed by atoms with Crippen molar-refractivity contribution in [2.24, 2.45) is 5.92 Å². The summed E-state index contributed by atoms with van der Waals surface area (Å²) in [5.41, 5.74) is 6.91. The van der Waals surface area contributed by atoms with Crippen molar-refractivity contribution in [3.8, 4) is 5.75 Å². The van der Waals surface area contributed by atoms with Gasteiger partial charge in [0.1, 0.15) is 5.75 Å². The third kappa shape index (κ3) is 1.58. The van der Waals surface area contributed by atoms with Gasteiger partial charge in [0, 0.05) is 23.2 Å². The molecule has 1 aliphatic carbocycles. The molecule has 0 radical (unpaired) electrons. The van der Waals surface area contributed by atoms with Gasteiger partial charge >= 0.3 is 0 Å². The van der Waals surface area contributed by atoms with Gasteiger partial charge in [-0.2, -0.15) is 0 Å². The van der Waals surface area contributed by atoms with Crippen LogP contribution in [0.1, 0.15) is 23.2 Å². The largest absolute Gasteiger partial charge is 0.497 e. The third-order valence-corrected chi connectivity index (χ3v) is 2.47. The zero-order valence-electron chi connectivity index (χ0n) is 8.12. The highest BCUT2D eigenvalue weighted by atomic mass is 16.5. The fourth-order valence-electron chi connectivity index (χ4n) is 1.46. The fourth-order valence-corrected chi connectivity index (χ4v) is 1.46. The van der Waals surface area contributed by atoms with Gasteiger partial charge in [0.2, 0.25) is 0 Å². The van der Waals surface area contributed by atoms with Crippen LogP contribution >= 0.6 is 0 Å². The van der Waals surface area contributed by atoms with E-state index in [4.69, 9.17) is 10.5 Å². The van der Waals surface area contributed by atoms with Crippen LogP contribution < -0.4 is 10.5 Å². The number of ether oxygens (including phenoxy) is 1. The lowest BCUT2D eigenvalue weighted by molar-refractivity contribution is 0.0968. The Bertz CT molecular complexity index is 370. The van der Waals surface area contributed by atoms with Gasteiger partial charge in [-0.1, -0.05) is 0 Å². The molecule has 1 aromatic carbocycles. The van der Waals surface area contributed by atoms with Gasteiger partial charge < -0.3 is 10.5 Å². The molecular formula is C11H13NO2. The van der Waals surface area contributed by atoms with E-state index in [1.54, 1.807) is 25.3 Å². The number of anilines is 1. The average molecular weight is 191 g/mol. The number of rotatable bonds is 3. The number of ketones is 1. The van der Waals surface area contributed by atoms with Crippen LogP contribution in [0.3, 0.4) is 0 Å². The zero-order valence-corrected chi connectivity index (χ0v) is 8.12.